The summed E-state index contributed by atoms with van der Waals surface area (Å²) in [5, 5.41) is 0. The maximum atomic E-state index is 2.48. The van der Waals surface area contributed by atoms with Gasteiger partial charge < -0.3 is 0 Å². The van der Waals surface area contributed by atoms with Crippen LogP contribution in [0.4, 0.5) is 0 Å². The molecule has 0 nitrogen and oxygen atoms in total. The molecule has 0 atom stereocenters. The standard InChI is InChI=1S/C17H35/c1-4-5-6-7-8-9-10-11-12-13-14-15-16-17(2)3/h15,17H,4-14,16H2,1-3H3. The van der Waals surface area contributed by atoms with Gasteiger partial charge >= 0.3 is 0 Å². The van der Waals surface area contributed by atoms with Crippen LogP contribution in [0.5, 0.6) is 0 Å². The van der Waals surface area contributed by atoms with E-state index in [0.29, 0.717) is 0 Å². The molecule has 0 aliphatic rings. The summed E-state index contributed by atoms with van der Waals surface area (Å²) in [7, 11) is 0. The minimum Gasteiger partial charge on any atom is -0.0654 e. The summed E-state index contributed by atoms with van der Waals surface area (Å²) in [6, 6.07) is 0. The molecule has 17 heavy (non-hydrogen) atoms. The monoisotopic (exact) mass is 239 g/mol. The topological polar surface area (TPSA) is 0 Å². The average molecular weight is 239 g/mol. The van der Waals surface area contributed by atoms with Crippen molar-refractivity contribution in [2.75, 3.05) is 0 Å². The van der Waals surface area contributed by atoms with Gasteiger partial charge in [-0.25, -0.2) is 0 Å². The highest BCUT2D eigenvalue weighted by Crippen LogP contribution is 2.13. The maximum Gasteiger partial charge on any atom is -0.0383 e. The summed E-state index contributed by atoms with van der Waals surface area (Å²) in [6.45, 7) is 6.89. The van der Waals surface area contributed by atoms with Gasteiger partial charge in [-0.3, -0.25) is 0 Å². The van der Waals surface area contributed by atoms with Crippen LogP contribution in [0.25, 0.3) is 0 Å². The Bertz CT molecular complexity index is 126. The molecular formula is C17H35. The minimum atomic E-state index is 0.845. The van der Waals surface area contributed by atoms with Gasteiger partial charge in [0.1, 0.15) is 0 Å². The molecule has 0 unspecified atom stereocenters. The quantitative estimate of drug-likeness (QED) is 0.320. The Morgan fingerprint density at radius 3 is 1.65 bits per heavy atom. The van der Waals surface area contributed by atoms with Crippen LogP contribution < -0.4 is 0 Å². The molecule has 0 saturated heterocycles. The lowest BCUT2D eigenvalue weighted by atomic mass is 10.0. The van der Waals surface area contributed by atoms with E-state index in [1.807, 2.05) is 0 Å². The van der Waals surface area contributed by atoms with E-state index >= 15 is 0 Å². The van der Waals surface area contributed by atoms with Gasteiger partial charge in [0.05, 0.1) is 0 Å². The molecular weight excluding hydrogens is 204 g/mol. The molecule has 0 N–H and O–H groups in total. The molecule has 0 aliphatic carbocycles. The molecule has 1 radical (unpaired) electrons. The molecule has 0 bridgehead atoms. The summed E-state index contributed by atoms with van der Waals surface area (Å²) in [6.07, 6.45) is 19.6. The Labute approximate surface area is 111 Å². The lowest BCUT2D eigenvalue weighted by Gasteiger charge is -2.04. The normalized spacial score (nSPS) is 11.3. The Kier molecular flexibility index (Phi) is 14.1. The second kappa shape index (κ2) is 14.1. The average Bonchev–Trinajstić information content (AvgIpc) is 2.30. The molecule has 103 valence electrons. The molecule has 0 aromatic carbocycles. The number of unbranched alkanes of at least 4 members (excludes halogenated alkanes) is 11. The van der Waals surface area contributed by atoms with Gasteiger partial charge in [0.15, 0.2) is 0 Å². The highest BCUT2D eigenvalue weighted by Gasteiger charge is 1.95. The van der Waals surface area contributed by atoms with Gasteiger partial charge in [-0.1, -0.05) is 91.4 Å². The van der Waals surface area contributed by atoms with E-state index in [4.69, 9.17) is 0 Å². The van der Waals surface area contributed by atoms with Crippen LogP contribution in [-0.4, -0.2) is 0 Å². The zero-order valence-electron chi connectivity index (χ0n) is 12.6. The van der Waals surface area contributed by atoms with Crippen molar-refractivity contribution >= 4 is 0 Å². The van der Waals surface area contributed by atoms with Gasteiger partial charge in [-0.15, -0.1) is 0 Å². The molecule has 0 heterocycles. The minimum absolute atomic E-state index is 0.845. The summed E-state index contributed by atoms with van der Waals surface area (Å²) in [4.78, 5) is 0. The molecule has 0 spiro atoms. The van der Waals surface area contributed by atoms with Gasteiger partial charge in [-0.2, -0.15) is 0 Å². The van der Waals surface area contributed by atoms with Gasteiger partial charge in [0.2, 0.25) is 0 Å². The molecule has 0 saturated carbocycles. The van der Waals surface area contributed by atoms with Crippen LogP contribution in [0, 0.1) is 12.3 Å². The SMILES string of the molecule is CCCCCCCCCCCC[CH]CC(C)C. The highest BCUT2D eigenvalue weighted by molar-refractivity contribution is 4.66. The first-order valence-electron chi connectivity index (χ1n) is 8.09. The summed E-state index contributed by atoms with van der Waals surface area (Å²) in [5.74, 6) is 0.845. The van der Waals surface area contributed by atoms with Crippen LogP contribution in [0.2, 0.25) is 0 Å². The second-order valence-electron chi connectivity index (χ2n) is 5.89. The van der Waals surface area contributed by atoms with Crippen LogP contribution in [-0.2, 0) is 0 Å². The van der Waals surface area contributed by atoms with Crippen LogP contribution in [0.1, 0.15) is 97.8 Å². The summed E-state index contributed by atoms with van der Waals surface area (Å²) < 4.78 is 0. The lowest BCUT2D eigenvalue weighted by molar-refractivity contribution is 0.548. The summed E-state index contributed by atoms with van der Waals surface area (Å²) in [5.41, 5.74) is 0. The zero-order valence-corrected chi connectivity index (χ0v) is 12.6. The van der Waals surface area contributed by atoms with Crippen LogP contribution in [0.3, 0.4) is 0 Å². The van der Waals surface area contributed by atoms with E-state index < -0.39 is 0 Å². The number of hydrogen-bond donors (Lipinski definition) is 0. The molecule has 0 rings (SSSR count). The number of hydrogen-bond acceptors (Lipinski definition) is 0. The van der Waals surface area contributed by atoms with E-state index in [1.54, 1.807) is 0 Å². The van der Waals surface area contributed by atoms with Gasteiger partial charge in [-0.05, 0) is 18.8 Å². The van der Waals surface area contributed by atoms with Crippen molar-refractivity contribution in [3.05, 3.63) is 6.42 Å². The highest BCUT2D eigenvalue weighted by atomic mass is 14.0. The predicted octanol–water partition coefficient (Wildman–Crippen LogP) is 6.55. The fraction of sp³-hybridized carbons (Fsp3) is 0.941. The third-order valence-corrected chi connectivity index (χ3v) is 3.40. The first-order valence-corrected chi connectivity index (χ1v) is 8.09. The third kappa shape index (κ3) is 16.0. The fourth-order valence-electron chi connectivity index (χ4n) is 2.23. The largest absolute Gasteiger partial charge is 0.0654 e. The molecule has 0 heteroatoms. The first kappa shape index (κ1) is 17.0. The molecule has 0 amide bonds. The fourth-order valence-corrected chi connectivity index (χ4v) is 2.23. The Hall–Kier alpha value is 0. The van der Waals surface area contributed by atoms with E-state index in [1.165, 1.54) is 77.0 Å². The lowest BCUT2D eigenvalue weighted by Crippen LogP contribution is -1.88. The van der Waals surface area contributed by atoms with E-state index in [0.717, 1.165) is 5.92 Å². The van der Waals surface area contributed by atoms with Crippen molar-refractivity contribution in [1.29, 1.82) is 0 Å². The van der Waals surface area contributed by atoms with Crippen molar-refractivity contribution in [2.24, 2.45) is 5.92 Å². The smallest absolute Gasteiger partial charge is 0.0383 e. The zero-order chi connectivity index (χ0) is 12.8. The molecule has 0 aromatic rings. The Morgan fingerprint density at radius 2 is 1.18 bits per heavy atom. The third-order valence-electron chi connectivity index (χ3n) is 3.40. The Morgan fingerprint density at radius 1 is 0.706 bits per heavy atom. The van der Waals surface area contributed by atoms with Gasteiger partial charge in [0.25, 0.3) is 0 Å². The first-order chi connectivity index (χ1) is 8.27. The van der Waals surface area contributed by atoms with Crippen molar-refractivity contribution in [2.45, 2.75) is 97.8 Å². The van der Waals surface area contributed by atoms with Crippen LogP contribution in [0.15, 0.2) is 0 Å². The second-order valence-corrected chi connectivity index (χ2v) is 5.89. The maximum absolute atomic E-state index is 2.48. The van der Waals surface area contributed by atoms with Gasteiger partial charge in [0, 0.05) is 0 Å². The number of rotatable bonds is 13. The van der Waals surface area contributed by atoms with E-state index in [2.05, 4.69) is 27.2 Å². The van der Waals surface area contributed by atoms with Crippen molar-refractivity contribution in [3.63, 3.8) is 0 Å². The summed E-state index contributed by atoms with van der Waals surface area (Å²) >= 11 is 0. The molecule has 0 fully saturated rings. The van der Waals surface area contributed by atoms with Crippen molar-refractivity contribution < 1.29 is 0 Å². The molecule has 0 aromatic heterocycles. The van der Waals surface area contributed by atoms with Crippen LogP contribution >= 0.6 is 0 Å². The van der Waals surface area contributed by atoms with Crippen molar-refractivity contribution in [1.82, 2.24) is 0 Å². The van der Waals surface area contributed by atoms with E-state index in [-0.39, 0.29) is 0 Å². The van der Waals surface area contributed by atoms with Crippen molar-refractivity contribution in [3.8, 4) is 0 Å². The molecule has 0 aliphatic heterocycles. The Balaban J connectivity index is 2.89. The predicted molar refractivity (Wildman–Crippen MR) is 80.2 cm³/mol. The van der Waals surface area contributed by atoms with E-state index in [9.17, 15) is 0 Å².